The Bertz CT molecular complexity index is 693. The number of halogens is 1. The highest BCUT2D eigenvalue weighted by molar-refractivity contribution is 9.10. The van der Waals surface area contributed by atoms with Crippen LogP contribution in [0, 0.1) is 4.78 Å². The summed E-state index contributed by atoms with van der Waals surface area (Å²) in [5.74, 6) is 0.181. The molecule has 1 aromatic rings. The van der Waals surface area contributed by atoms with Crippen molar-refractivity contribution in [1.82, 2.24) is 5.32 Å². The van der Waals surface area contributed by atoms with Gasteiger partial charge >= 0.3 is 6.09 Å². The highest BCUT2D eigenvalue weighted by atomic mass is 79.9. The lowest BCUT2D eigenvalue weighted by Gasteiger charge is -2.34. The predicted octanol–water partition coefficient (Wildman–Crippen LogP) is 5.33. The smallest absolute Gasteiger partial charge is 0.408 e. The van der Waals surface area contributed by atoms with E-state index in [1.807, 2.05) is 40.7 Å². The minimum Gasteiger partial charge on any atom is -0.444 e. The molecule has 0 heterocycles. The molecule has 5 nitrogen and oxygen atoms in total. The van der Waals surface area contributed by atoms with Crippen LogP contribution in [0.2, 0.25) is 0 Å². The zero-order chi connectivity index (χ0) is 19.3. The van der Waals surface area contributed by atoms with Crippen LogP contribution in [0.4, 0.5) is 4.79 Å². The van der Waals surface area contributed by atoms with Crippen LogP contribution in [0.1, 0.15) is 53.9 Å². The van der Waals surface area contributed by atoms with Gasteiger partial charge in [-0.05, 0) is 58.2 Å². The van der Waals surface area contributed by atoms with Crippen molar-refractivity contribution in [2.45, 2.75) is 69.9 Å². The number of rotatable bonds is 7. The molecule has 1 amide bonds. The van der Waals surface area contributed by atoms with E-state index in [0.717, 1.165) is 4.47 Å². The number of benzene rings is 1. The molecule has 2 N–H and O–H groups in total. The Kier molecular flexibility index (Phi) is 7.50. The van der Waals surface area contributed by atoms with Gasteiger partial charge in [0.25, 0.3) is 0 Å². The molecule has 1 aromatic carbocycles. The van der Waals surface area contributed by atoms with E-state index >= 15 is 0 Å². The van der Waals surface area contributed by atoms with Crippen molar-refractivity contribution < 1.29 is 13.7 Å². The molecule has 1 rings (SSSR count). The molecular weight excluding hydrogens is 404 g/mol. The van der Waals surface area contributed by atoms with Crippen molar-refractivity contribution in [3.63, 3.8) is 0 Å². The molecule has 0 bridgehead atoms. The maximum atomic E-state index is 12.8. The van der Waals surface area contributed by atoms with E-state index in [9.17, 15) is 9.00 Å². The van der Waals surface area contributed by atoms with Crippen LogP contribution >= 0.6 is 15.9 Å². The molecule has 0 saturated heterocycles. The molecule has 25 heavy (non-hydrogen) atoms. The van der Waals surface area contributed by atoms with Gasteiger partial charge in [0, 0.05) is 20.7 Å². The molecular formula is C18H29BrN2O3S. The fourth-order valence-corrected chi connectivity index (χ4v) is 4.57. The maximum Gasteiger partial charge on any atom is 0.408 e. The summed E-state index contributed by atoms with van der Waals surface area (Å²) in [6, 6.07) is 7.04. The Hall–Kier alpha value is -1.08. The molecule has 7 heteroatoms. The third kappa shape index (κ3) is 6.98. The van der Waals surface area contributed by atoms with Crippen molar-refractivity contribution in [1.29, 1.82) is 4.78 Å². The molecule has 0 aliphatic carbocycles. The molecule has 0 saturated carbocycles. The van der Waals surface area contributed by atoms with Crippen LogP contribution in [-0.4, -0.2) is 27.2 Å². The summed E-state index contributed by atoms with van der Waals surface area (Å²) in [5, 5.41) is 2.94. The van der Waals surface area contributed by atoms with Gasteiger partial charge in [-0.3, -0.25) is 0 Å². The van der Waals surface area contributed by atoms with E-state index in [1.165, 1.54) is 0 Å². The zero-order valence-electron chi connectivity index (χ0n) is 15.6. The van der Waals surface area contributed by atoms with Gasteiger partial charge < -0.3 is 10.1 Å². The number of carbonyl (C=O) groups is 1. The van der Waals surface area contributed by atoms with Gasteiger partial charge in [0.15, 0.2) is 0 Å². The van der Waals surface area contributed by atoms with Gasteiger partial charge in [0.1, 0.15) is 5.60 Å². The Labute approximate surface area is 160 Å². The first-order valence-corrected chi connectivity index (χ1v) is 11.0. The highest BCUT2D eigenvalue weighted by Gasteiger charge is 2.31. The zero-order valence-corrected chi connectivity index (χ0v) is 18.1. The SMILES string of the molecule is CCC(CC)(CCS(=N)(=O)c1cccc(Br)c1)NC(=O)OC(C)(C)C. The number of alkyl carbamates (subject to hydrolysis) is 1. The van der Waals surface area contributed by atoms with E-state index in [1.54, 1.807) is 18.2 Å². The molecule has 142 valence electrons. The van der Waals surface area contributed by atoms with Gasteiger partial charge in [-0.25, -0.2) is 13.8 Å². The summed E-state index contributed by atoms with van der Waals surface area (Å²) in [4.78, 5) is 12.7. The van der Waals surface area contributed by atoms with E-state index in [-0.39, 0.29) is 5.75 Å². The molecule has 0 radical (unpaired) electrons. The second-order valence-electron chi connectivity index (χ2n) is 7.20. The fourth-order valence-electron chi connectivity index (χ4n) is 2.49. The monoisotopic (exact) mass is 432 g/mol. The number of carbonyl (C=O) groups excluding carboxylic acids is 1. The van der Waals surface area contributed by atoms with Crippen molar-refractivity contribution in [2.75, 3.05) is 5.75 Å². The lowest BCUT2D eigenvalue weighted by atomic mass is 9.90. The second kappa shape index (κ2) is 8.54. The summed E-state index contributed by atoms with van der Waals surface area (Å²) < 4.78 is 27.3. The number of hydrogen-bond donors (Lipinski definition) is 2. The van der Waals surface area contributed by atoms with E-state index in [2.05, 4.69) is 21.2 Å². The van der Waals surface area contributed by atoms with Crippen molar-refractivity contribution >= 4 is 31.8 Å². The molecule has 0 fully saturated rings. The van der Waals surface area contributed by atoms with Crippen LogP contribution in [0.15, 0.2) is 33.6 Å². The quantitative estimate of drug-likeness (QED) is 0.610. The van der Waals surface area contributed by atoms with Gasteiger partial charge in [0.05, 0.1) is 9.73 Å². The molecule has 0 aliphatic heterocycles. The Morgan fingerprint density at radius 2 is 1.88 bits per heavy atom. The molecule has 0 aliphatic rings. The highest BCUT2D eigenvalue weighted by Crippen LogP contribution is 2.25. The predicted molar refractivity (Wildman–Crippen MR) is 105 cm³/mol. The summed E-state index contributed by atoms with van der Waals surface area (Å²) in [6.45, 7) is 9.40. The Morgan fingerprint density at radius 3 is 2.36 bits per heavy atom. The second-order valence-corrected chi connectivity index (χ2v) is 10.3. The lowest BCUT2D eigenvalue weighted by Crippen LogP contribution is -2.50. The van der Waals surface area contributed by atoms with Crippen molar-refractivity contribution in [3.05, 3.63) is 28.7 Å². The third-order valence-electron chi connectivity index (χ3n) is 4.16. The number of amides is 1. The largest absolute Gasteiger partial charge is 0.444 e. The van der Waals surface area contributed by atoms with Crippen LogP contribution in [0.5, 0.6) is 0 Å². The van der Waals surface area contributed by atoms with Gasteiger partial charge in [0.2, 0.25) is 0 Å². The minimum absolute atomic E-state index is 0.181. The first-order chi connectivity index (χ1) is 11.4. The van der Waals surface area contributed by atoms with E-state index in [0.29, 0.717) is 24.2 Å². The summed E-state index contributed by atoms with van der Waals surface area (Å²) >= 11 is 3.35. The van der Waals surface area contributed by atoms with Crippen LogP contribution in [-0.2, 0) is 14.5 Å². The van der Waals surface area contributed by atoms with Crippen LogP contribution in [0.3, 0.4) is 0 Å². The summed E-state index contributed by atoms with van der Waals surface area (Å²) in [5.41, 5.74) is -1.10. The van der Waals surface area contributed by atoms with Gasteiger partial charge in [-0.2, -0.15) is 0 Å². The molecule has 0 spiro atoms. The van der Waals surface area contributed by atoms with E-state index in [4.69, 9.17) is 9.52 Å². The Balaban J connectivity index is 2.88. The van der Waals surface area contributed by atoms with Crippen LogP contribution in [0.25, 0.3) is 0 Å². The molecule has 1 unspecified atom stereocenters. The lowest BCUT2D eigenvalue weighted by molar-refractivity contribution is 0.0444. The number of nitrogens with one attached hydrogen (secondary N) is 2. The topological polar surface area (TPSA) is 79.3 Å². The van der Waals surface area contributed by atoms with Gasteiger partial charge in [-0.15, -0.1) is 0 Å². The van der Waals surface area contributed by atoms with Crippen molar-refractivity contribution in [2.24, 2.45) is 0 Å². The molecule has 0 aromatic heterocycles. The molecule has 1 atom stereocenters. The van der Waals surface area contributed by atoms with E-state index < -0.39 is 27.0 Å². The van der Waals surface area contributed by atoms with Crippen molar-refractivity contribution in [3.8, 4) is 0 Å². The summed E-state index contributed by atoms with van der Waals surface area (Å²) in [6.07, 6.45) is 1.33. The minimum atomic E-state index is -2.93. The summed E-state index contributed by atoms with van der Waals surface area (Å²) in [7, 11) is -2.93. The average Bonchev–Trinajstić information content (AvgIpc) is 2.50. The normalized spacial score (nSPS) is 14.6. The fraction of sp³-hybridized carbons (Fsp3) is 0.611. The average molecular weight is 433 g/mol. The number of ether oxygens (including phenoxy) is 1. The number of hydrogen-bond acceptors (Lipinski definition) is 4. The third-order valence-corrected chi connectivity index (χ3v) is 6.45. The standard InChI is InChI=1S/C18H29BrN2O3S/c1-6-18(7-2,21-16(22)24-17(3,4)5)11-12-25(20,23)15-10-8-9-14(19)13-15/h8-10,13,20H,6-7,11-12H2,1-5H3,(H,21,22). The van der Waals surface area contributed by atoms with Crippen LogP contribution < -0.4 is 5.32 Å². The first-order valence-electron chi connectivity index (χ1n) is 8.46. The maximum absolute atomic E-state index is 12.8. The van der Waals surface area contributed by atoms with Gasteiger partial charge in [-0.1, -0.05) is 35.8 Å². The first kappa shape index (κ1) is 22.0. The Morgan fingerprint density at radius 1 is 1.28 bits per heavy atom.